The molecule has 0 aliphatic heterocycles. The fourth-order valence-corrected chi connectivity index (χ4v) is 2.07. The average Bonchev–Trinajstić information content (AvgIpc) is 3.03. The number of imidazole rings is 1. The summed E-state index contributed by atoms with van der Waals surface area (Å²) in [4.78, 5) is 6.30. The van der Waals surface area contributed by atoms with Crippen molar-refractivity contribution in [1.82, 2.24) is 14.5 Å². The summed E-state index contributed by atoms with van der Waals surface area (Å²) in [7, 11) is 2.10. The number of hydrogen-bond donors (Lipinski definition) is 0. The molecule has 0 atom stereocenters. The lowest BCUT2D eigenvalue weighted by Gasteiger charge is -2.16. The summed E-state index contributed by atoms with van der Waals surface area (Å²) < 4.78 is 2.09. The normalized spacial score (nSPS) is 9.86. The van der Waals surface area contributed by atoms with Crippen LogP contribution in [-0.2, 0) is 13.1 Å². The van der Waals surface area contributed by atoms with E-state index in [1.54, 1.807) is 6.20 Å². The molecule has 112 valence electrons. The molecule has 4 nitrogen and oxygen atoms in total. The standard InChI is InChI=1S/C15H18N4.C2H6/c1-18(7-3-8-19-9-6-17-13-19)12-15-5-2-4-14(10-15)11-16;1-2/h2,4-6,9-10,13H,3,7-8,12H2,1H3;1-2H3. The second-order valence-corrected chi connectivity index (χ2v) is 4.70. The summed E-state index contributed by atoms with van der Waals surface area (Å²) in [6.07, 6.45) is 6.72. The summed E-state index contributed by atoms with van der Waals surface area (Å²) in [5.41, 5.74) is 1.91. The molecule has 0 fully saturated rings. The largest absolute Gasteiger partial charge is 0.337 e. The van der Waals surface area contributed by atoms with E-state index < -0.39 is 0 Å². The Balaban J connectivity index is 0.00000106. The van der Waals surface area contributed by atoms with Crippen molar-refractivity contribution in [3.63, 3.8) is 0 Å². The highest BCUT2D eigenvalue weighted by Gasteiger charge is 2.01. The van der Waals surface area contributed by atoms with Crippen LogP contribution < -0.4 is 0 Å². The second-order valence-electron chi connectivity index (χ2n) is 4.70. The lowest BCUT2D eigenvalue weighted by Crippen LogP contribution is -2.20. The fourth-order valence-electron chi connectivity index (χ4n) is 2.07. The zero-order chi connectivity index (χ0) is 15.5. The Morgan fingerprint density at radius 3 is 2.81 bits per heavy atom. The predicted molar refractivity (Wildman–Crippen MR) is 85.7 cm³/mol. The molecule has 2 aromatic rings. The monoisotopic (exact) mass is 284 g/mol. The van der Waals surface area contributed by atoms with Crippen LogP contribution in [0.25, 0.3) is 0 Å². The van der Waals surface area contributed by atoms with Crippen molar-refractivity contribution in [3.05, 3.63) is 54.1 Å². The number of benzene rings is 1. The van der Waals surface area contributed by atoms with Crippen LogP contribution in [0, 0.1) is 11.3 Å². The third-order valence-corrected chi connectivity index (χ3v) is 3.02. The highest BCUT2D eigenvalue weighted by atomic mass is 15.1. The number of rotatable bonds is 6. The minimum Gasteiger partial charge on any atom is -0.337 e. The van der Waals surface area contributed by atoms with Gasteiger partial charge in [-0.15, -0.1) is 0 Å². The molecule has 4 heteroatoms. The Labute approximate surface area is 127 Å². The Hall–Kier alpha value is -2.12. The van der Waals surface area contributed by atoms with E-state index >= 15 is 0 Å². The Morgan fingerprint density at radius 2 is 2.14 bits per heavy atom. The van der Waals surface area contributed by atoms with Gasteiger partial charge in [-0.25, -0.2) is 4.98 Å². The van der Waals surface area contributed by atoms with Crippen molar-refractivity contribution in [2.75, 3.05) is 13.6 Å². The molecule has 0 aliphatic carbocycles. The van der Waals surface area contributed by atoms with Crippen LogP contribution in [0.2, 0.25) is 0 Å². The lowest BCUT2D eigenvalue weighted by atomic mass is 10.1. The van der Waals surface area contributed by atoms with Gasteiger partial charge in [-0.3, -0.25) is 0 Å². The molecule has 0 saturated carbocycles. The van der Waals surface area contributed by atoms with Crippen LogP contribution in [0.1, 0.15) is 31.4 Å². The van der Waals surface area contributed by atoms with Crippen LogP contribution in [-0.4, -0.2) is 28.0 Å². The topological polar surface area (TPSA) is 44.9 Å². The maximum atomic E-state index is 8.87. The summed E-state index contributed by atoms with van der Waals surface area (Å²) in [5.74, 6) is 0. The molecule has 0 spiro atoms. The Morgan fingerprint density at radius 1 is 1.33 bits per heavy atom. The zero-order valence-electron chi connectivity index (χ0n) is 13.2. The lowest BCUT2D eigenvalue weighted by molar-refractivity contribution is 0.314. The highest BCUT2D eigenvalue weighted by Crippen LogP contribution is 2.07. The fraction of sp³-hybridized carbons (Fsp3) is 0.412. The quantitative estimate of drug-likeness (QED) is 0.817. The van der Waals surface area contributed by atoms with E-state index in [0.29, 0.717) is 0 Å². The van der Waals surface area contributed by atoms with E-state index in [2.05, 4.69) is 33.6 Å². The summed E-state index contributed by atoms with van der Waals surface area (Å²) >= 11 is 0. The average molecular weight is 284 g/mol. The van der Waals surface area contributed by atoms with Gasteiger partial charge in [0.05, 0.1) is 18.0 Å². The van der Waals surface area contributed by atoms with Crippen LogP contribution >= 0.6 is 0 Å². The van der Waals surface area contributed by atoms with Gasteiger partial charge >= 0.3 is 0 Å². The molecule has 2 rings (SSSR count). The predicted octanol–water partition coefficient (Wildman–Crippen LogP) is 3.30. The van der Waals surface area contributed by atoms with Gasteiger partial charge in [0.2, 0.25) is 0 Å². The van der Waals surface area contributed by atoms with Gasteiger partial charge in [0, 0.05) is 25.5 Å². The molecule has 0 unspecified atom stereocenters. The summed E-state index contributed by atoms with van der Waals surface area (Å²) in [6.45, 7) is 6.89. The van der Waals surface area contributed by atoms with Gasteiger partial charge in [-0.1, -0.05) is 26.0 Å². The van der Waals surface area contributed by atoms with Gasteiger partial charge in [0.1, 0.15) is 0 Å². The maximum absolute atomic E-state index is 8.87. The van der Waals surface area contributed by atoms with E-state index in [4.69, 9.17) is 5.26 Å². The molecule has 0 amide bonds. The van der Waals surface area contributed by atoms with Crippen molar-refractivity contribution >= 4 is 0 Å². The molecular formula is C17H24N4. The van der Waals surface area contributed by atoms with Crippen molar-refractivity contribution < 1.29 is 0 Å². The first-order chi connectivity index (χ1) is 10.3. The second kappa shape index (κ2) is 9.73. The van der Waals surface area contributed by atoms with E-state index in [1.165, 1.54) is 5.56 Å². The number of nitrogens with zero attached hydrogens (tertiary/aromatic N) is 4. The van der Waals surface area contributed by atoms with E-state index in [1.807, 2.05) is 44.6 Å². The summed E-state index contributed by atoms with van der Waals surface area (Å²) in [5, 5.41) is 8.87. The van der Waals surface area contributed by atoms with E-state index in [-0.39, 0.29) is 0 Å². The number of hydrogen-bond acceptors (Lipinski definition) is 3. The molecule has 0 saturated heterocycles. The van der Waals surface area contributed by atoms with Gasteiger partial charge < -0.3 is 9.47 Å². The Kier molecular flexibility index (Phi) is 7.85. The van der Waals surface area contributed by atoms with Crippen molar-refractivity contribution in [3.8, 4) is 6.07 Å². The van der Waals surface area contributed by atoms with Gasteiger partial charge in [0.25, 0.3) is 0 Å². The molecular weight excluding hydrogens is 260 g/mol. The number of nitriles is 1. The summed E-state index contributed by atoms with van der Waals surface area (Å²) in [6, 6.07) is 9.96. The first-order valence-electron chi connectivity index (χ1n) is 7.41. The van der Waals surface area contributed by atoms with Crippen LogP contribution in [0.4, 0.5) is 0 Å². The van der Waals surface area contributed by atoms with Crippen molar-refractivity contribution in [2.24, 2.45) is 0 Å². The van der Waals surface area contributed by atoms with Gasteiger partial charge in [0.15, 0.2) is 0 Å². The molecule has 1 aromatic heterocycles. The van der Waals surface area contributed by atoms with Gasteiger partial charge in [-0.05, 0) is 37.7 Å². The molecule has 0 radical (unpaired) electrons. The minimum absolute atomic E-state index is 0.726. The number of aryl methyl sites for hydroxylation is 1. The number of aromatic nitrogens is 2. The van der Waals surface area contributed by atoms with Crippen molar-refractivity contribution in [1.29, 1.82) is 5.26 Å². The van der Waals surface area contributed by atoms with E-state index in [0.717, 1.165) is 31.6 Å². The molecule has 1 heterocycles. The molecule has 0 aliphatic rings. The minimum atomic E-state index is 0.726. The maximum Gasteiger partial charge on any atom is 0.0991 e. The molecule has 0 N–H and O–H groups in total. The van der Waals surface area contributed by atoms with Crippen LogP contribution in [0.3, 0.4) is 0 Å². The first kappa shape index (κ1) is 16.9. The SMILES string of the molecule is CC.CN(CCCn1ccnc1)Cc1cccc(C#N)c1. The molecule has 21 heavy (non-hydrogen) atoms. The third-order valence-electron chi connectivity index (χ3n) is 3.02. The molecule has 0 bridgehead atoms. The Bertz CT molecular complexity index is 540. The zero-order valence-corrected chi connectivity index (χ0v) is 13.2. The third kappa shape index (κ3) is 6.24. The van der Waals surface area contributed by atoms with Crippen LogP contribution in [0.5, 0.6) is 0 Å². The molecule has 1 aromatic carbocycles. The van der Waals surface area contributed by atoms with Crippen LogP contribution in [0.15, 0.2) is 43.0 Å². The van der Waals surface area contributed by atoms with Crippen molar-refractivity contribution in [2.45, 2.75) is 33.4 Å². The first-order valence-corrected chi connectivity index (χ1v) is 7.41. The smallest absolute Gasteiger partial charge is 0.0991 e. The van der Waals surface area contributed by atoms with Gasteiger partial charge in [-0.2, -0.15) is 5.26 Å². The van der Waals surface area contributed by atoms with E-state index in [9.17, 15) is 0 Å². The highest BCUT2D eigenvalue weighted by molar-refractivity contribution is 5.32.